The molecular weight excluding hydrogens is 356 g/mol. The van der Waals surface area contributed by atoms with E-state index in [1.54, 1.807) is 14.2 Å². The first kappa shape index (κ1) is 20.5. The SMILES string of the molecule is COc1ccc(OC)c(C2CN(C(=O)C(C)C)CC2C(=O)N2CCCCC2)c1. The van der Waals surface area contributed by atoms with Crippen LogP contribution < -0.4 is 9.47 Å². The minimum Gasteiger partial charge on any atom is -0.497 e. The van der Waals surface area contributed by atoms with Crippen molar-refractivity contribution in [2.45, 2.75) is 39.0 Å². The molecule has 154 valence electrons. The molecule has 2 unspecified atom stereocenters. The minimum atomic E-state index is -0.248. The van der Waals surface area contributed by atoms with Crippen molar-refractivity contribution in [3.63, 3.8) is 0 Å². The molecule has 0 bridgehead atoms. The monoisotopic (exact) mass is 388 g/mol. The predicted octanol–water partition coefficient (Wildman–Crippen LogP) is 2.91. The molecule has 2 amide bonds. The van der Waals surface area contributed by atoms with Gasteiger partial charge in [-0.2, -0.15) is 0 Å². The van der Waals surface area contributed by atoms with E-state index in [1.165, 1.54) is 6.42 Å². The summed E-state index contributed by atoms with van der Waals surface area (Å²) >= 11 is 0. The van der Waals surface area contributed by atoms with Gasteiger partial charge in [-0.25, -0.2) is 0 Å². The fourth-order valence-electron chi connectivity index (χ4n) is 4.39. The van der Waals surface area contributed by atoms with Gasteiger partial charge in [0, 0.05) is 43.6 Å². The number of hydrogen-bond donors (Lipinski definition) is 0. The first-order chi connectivity index (χ1) is 13.5. The van der Waals surface area contributed by atoms with Gasteiger partial charge in [0.05, 0.1) is 20.1 Å². The van der Waals surface area contributed by atoms with E-state index < -0.39 is 0 Å². The number of nitrogens with zero attached hydrogens (tertiary/aromatic N) is 2. The second kappa shape index (κ2) is 8.84. The fraction of sp³-hybridized carbons (Fsp3) is 0.636. The Bertz CT molecular complexity index is 712. The van der Waals surface area contributed by atoms with Gasteiger partial charge in [-0.05, 0) is 37.5 Å². The average Bonchev–Trinajstić information content (AvgIpc) is 3.17. The molecule has 6 nitrogen and oxygen atoms in total. The van der Waals surface area contributed by atoms with Crippen LogP contribution in [0.1, 0.15) is 44.6 Å². The van der Waals surface area contributed by atoms with E-state index in [2.05, 4.69) is 0 Å². The van der Waals surface area contributed by atoms with Crippen LogP contribution in [0, 0.1) is 11.8 Å². The van der Waals surface area contributed by atoms with Crippen LogP contribution in [0.2, 0.25) is 0 Å². The van der Waals surface area contributed by atoms with Gasteiger partial charge in [0.2, 0.25) is 11.8 Å². The summed E-state index contributed by atoms with van der Waals surface area (Å²) in [5, 5.41) is 0. The normalized spacial score (nSPS) is 22.5. The van der Waals surface area contributed by atoms with Crippen molar-refractivity contribution in [2.75, 3.05) is 40.4 Å². The first-order valence-electron chi connectivity index (χ1n) is 10.3. The molecule has 0 spiro atoms. The fourth-order valence-corrected chi connectivity index (χ4v) is 4.39. The smallest absolute Gasteiger partial charge is 0.228 e. The maximum atomic E-state index is 13.4. The molecule has 2 aliphatic rings. The third-order valence-corrected chi connectivity index (χ3v) is 5.95. The number of likely N-dealkylation sites (tertiary alicyclic amines) is 2. The lowest BCUT2D eigenvalue weighted by Crippen LogP contribution is -2.42. The highest BCUT2D eigenvalue weighted by Crippen LogP contribution is 2.40. The number of piperidine rings is 1. The lowest BCUT2D eigenvalue weighted by Gasteiger charge is -2.31. The van der Waals surface area contributed by atoms with E-state index in [4.69, 9.17) is 9.47 Å². The summed E-state index contributed by atoms with van der Waals surface area (Å²) in [7, 11) is 3.27. The highest BCUT2D eigenvalue weighted by Gasteiger charge is 2.43. The number of carbonyl (C=O) groups is 2. The van der Waals surface area contributed by atoms with Crippen LogP contribution in [0.5, 0.6) is 11.5 Å². The molecule has 1 aromatic rings. The van der Waals surface area contributed by atoms with Gasteiger partial charge < -0.3 is 19.3 Å². The van der Waals surface area contributed by atoms with Crippen LogP contribution in [0.25, 0.3) is 0 Å². The zero-order valence-corrected chi connectivity index (χ0v) is 17.4. The summed E-state index contributed by atoms with van der Waals surface area (Å²) in [5.41, 5.74) is 0.941. The summed E-state index contributed by atoms with van der Waals surface area (Å²) in [4.78, 5) is 29.9. The van der Waals surface area contributed by atoms with Gasteiger partial charge in [-0.15, -0.1) is 0 Å². The summed E-state index contributed by atoms with van der Waals surface area (Å²) in [6.07, 6.45) is 3.29. The molecule has 1 aromatic carbocycles. The van der Waals surface area contributed by atoms with Crippen molar-refractivity contribution in [3.8, 4) is 11.5 Å². The zero-order valence-electron chi connectivity index (χ0n) is 17.4. The molecule has 6 heteroatoms. The van der Waals surface area contributed by atoms with Crippen molar-refractivity contribution < 1.29 is 19.1 Å². The third kappa shape index (κ3) is 4.10. The molecule has 0 aliphatic carbocycles. The number of rotatable bonds is 5. The average molecular weight is 389 g/mol. The Morgan fingerprint density at radius 2 is 1.71 bits per heavy atom. The number of carbonyl (C=O) groups excluding carboxylic acids is 2. The Balaban J connectivity index is 1.95. The van der Waals surface area contributed by atoms with Crippen molar-refractivity contribution >= 4 is 11.8 Å². The molecule has 2 aliphatic heterocycles. The number of methoxy groups -OCH3 is 2. The minimum absolute atomic E-state index is 0.0864. The van der Waals surface area contributed by atoms with E-state index in [0.29, 0.717) is 13.1 Å². The lowest BCUT2D eigenvalue weighted by atomic mass is 9.86. The molecule has 28 heavy (non-hydrogen) atoms. The largest absolute Gasteiger partial charge is 0.497 e. The lowest BCUT2D eigenvalue weighted by molar-refractivity contribution is -0.137. The topological polar surface area (TPSA) is 59.1 Å². The Labute approximate surface area is 167 Å². The van der Waals surface area contributed by atoms with E-state index in [0.717, 1.165) is 43.0 Å². The quantitative estimate of drug-likeness (QED) is 0.778. The van der Waals surface area contributed by atoms with Crippen molar-refractivity contribution in [2.24, 2.45) is 11.8 Å². The van der Waals surface area contributed by atoms with Crippen LogP contribution in [0.4, 0.5) is 0 Å². The number of hydrogen-bond acceptors (Lipinski definition) is 4. The maximum Gasteiger partial charge on any atom is 0.228 e. The zero-order chi connectivity index (χ0) is 20.3. The van der Waals surface area contributed by atoms with Crippen LogP contribution >= 0.6 is 0 Å². The van der Waals surface area contributed by atoms with Crippen LogP contribution in [0.3, 0.4) is 0 Å². The Hall–Kier alpha value is -2.24. The molecule has 2 heterocycles. The van der Waals surface area contributed by atoms with Crippen molar-refractivity contribution in [1.82, 2.24) is 9.80 Å². The molecule has 2 atom stereocenters. The van der Waals surface area contributed by atoms with Crippen LogP contribution in [0.15, 0.2) is 18.2 Å². The molecule has 0 saturated carbocycles. The second-order valence-electron chi connectivity index (χ2n) is 8.10. The van der Waals surface area contributed by atoms with E-state index in [-0.39, 0.29) is 29.6 Å². The Morgan fingerprint density at radius 1 is 1.00 bits per heavy atom. The molecular formula is C22H32N2O4. The molecule has 0 aromatic heterocycles. The van der Waals surface area contributed by atoms with E-state index in [1.807, 2.05) is 41.8 Å². The standard InChI is InChI=1S/C22H32N2O4/c1-15(2)21(25)24-13-18(17-12-16(27-3)8-9-20(17)28-4)19(14-24)22(26)23-10-6-5-7-11-23/h8-9,12,15,18-19H,5-7,10-11,13-14H2,1-4H3. The second-order valence-corrected chi connectivity index (χ2v) is 8.10. The van der Waals surface area contributed by atoms with Gasteiger partial charge in [0.25, 0.3) is 0 Å². The molecule has 2 fully saturated rings. The highest BCUT2D eigenvalue weighted by atomic mass is 16.5. The summed E-state index contributed by atoms with van der Waals surface area (Å²) in [5.74, 6) is 1.30. The summed E-state index contributed by atoms with van der Waals surface area (Å²) < 4.78 is 11.0. The Kier molecular flexibility index (Phi) is 6.47. The summed E-state index contributed by atoms with van der Waals surface area (Å²) in [6, 6.07) is 5.68. The van der Waals surface area contributed by atoms with Gasteiger partial charge >= 0.3 is 0 Å². The van der Waals surface area contributed by atoms with E-state index in [9.17, 15) is 9.59 Å². The van der Waals surface area contributed by atoms with E-state index >= 15 is 0 Å². The number of ether oxygens (including phenoxy) is 2. The van der Waals surface area contributed by atoms with Gasteiger partial charge in [-0.3, -0.25) is 9.59 Å². The Morgan fingerprint density at radius 3 is 2.32 bits per heavy atom. The maximum absolute atomic E-state index is 13.4. The summed E-state index contributed by atoms with van der Waals surface area (Å²) in [6.45, 7) is 6.44. The van der Waals surface area contributed by atoms with Crippen LogP contribution in [-0.2, 0) is 9.59 Å². The van der Waals surface area contributed by atoms with Gasteiger partial charge in [-0.1, -0.05) is 13.8 Å². The molecule has 0 N–H and O–H groups in total. The molecule has 0 radical (unpaired) electrons. The van der Waals surface area contributed by atoms with Gasteiger partial charge in [0.1, 0.15) is 11.5 Å². The first-order valence-corrected chi connectivity index (χ1v) is 10.3. The number of benzene rings is 1. The molecule has 2 saturated heterocycles. The van der Waals surface area contributed by atoms with Gasteiger partial charge in [0.15, 0.2) is 0 Å². The third-order valence-electron chi connectivity index (χ3n) is 5.95. The predicted molar refractivity (Wildman–Crippen MR) is 108 cm³/mol. The highest BCUT2D eigenvalue weighted by molar-refractivity contribution is 5.84. The van der Waals surface area contributed by atoms with Crippen LogP contribution in [-0.4, -0.2) is 62.0 Å². The number of amides is 2. The molecule has 3 rings (SSSR count). The van der Waals surface area contributed by atoms with Crippen molar-refractivity contribution in [1.29, 1.82) is 0 Å². The van der Waals surface area contributed by atoms with Crippen molar-refractivity contribution in [3.05, 3.63) is 23.8 Å².